The van der Waals surface area contributed by atoms with Crippen molar-refractivity contribution in [3.05, 3.63) is 35.4 Å². The molecular formula is C16H26N2O. The number of hydrogen-bond donors (Lipinski definition) is 2. The van der Waals surface area contributed by atoms with E-state index < -0.39 is 0 Å². The molecule has 106 valence electrons. The number of hydrogen-bond acceptors (Lipinski definition) is 2. The molecule has 1 aromatic carbocycles. The van der Waals surface area contributed by atoms with E-state index in [0.717, 1.165) is 13.0 Å². The van der Waals surface area contributed by atoms with Crippen LogP contribution in [-0.4, -0.2) is 25.5 Å². The number of carbonyl (C=O) groups excluding carboxylic acids is 1. The highest BCUT2D eigenvalue weighted by molar-refractivity contribution is 5.77. The van der Waals surface area contributed by atoms with E-state index in [1.165, 1.54) is 17.5 Å². The molecule has 0 heterocycles. The number of likely N-dealkylation sites (N-methyl/N-ethyl adjacent to an activating group) is 1. The Balaban J connectivity index is 2.32. The number of amides is 1. The van der Waals surface area contributed by atoms with Crippen molar-refractivity contribution in [3.8, 4) is 0 Å². The Labute approximate surface area is 116 Å². The fourth-order valence-corrected chi connectivity index (χ4v) is 1.90. The molecule has 1 rings (SSSR count). The van der Waals surface area contributed by atoms with Crippen LogP contribution in [0.5, 0.6) is 0 Å². The van der Waals surface area contributed by atoms with Gasteiger partial charge in [-0.1, -0.05) is 45.0 Å². The van der Waals surface area contributed by atoms with Gasteiger partial charge in [-0.2, -0.15) is 0 Å². The predicted molar refractivity (Wildman–Crippen MR) is 80.4 cm³/mol. The van der Waals surface area contributed by atoms with Crippen LogP contribution in [0.4, 0.5) is 0 Å². The van der Waals surface area contributed by atoms with Crippen LogP contribution < -0.4 is 10.6 Å². The zero-order chi connectivity index (χ0) is 14.1. The van der Waals surface area contributed by atoms with Gasteiger partial charge in [-0.15, -0.1) is 0 Å². The number of benzene rings is 1. The van der Waals surface area contributed by atoms with E-state index in [1.807, 2.05) is 6.92 Å². The number of nitrogens with one attached hydrogen (secondary N) is 2. The molecule has 1 unspecified atom stereocenters. The first-order valence-corrected chi connectivity index (χ1v) is 7.23. The van der Waals surface area contributed by atoms with E-state index in [2.05, 4.69) is 48.7 Å². The van der Waals surface area contributed by atoms with Crippen LogP contribution >= 0.6 is 0 Å². The van der Waals surface area contributed by atoms with E-state index in [9.17, 15) is 4.79 Å². The summed E-state index contributed by atoms with van der Waals surface area (Å²) < 4.78 is 0. The minimum Gasteiger partial charge on any atom is -0.355 e. The van der Waals surface area contributed by atoms with E-state index in [1.54, 1.807) is 0 Å². The third-order valence-electron chi connectivity index (χ3n) is 3.43. The van der Waals surface area contributed by atoms with Crippen LogP contribution in [-0.2, 0) is 11.2 Å². The van der Waals surface area contributed by atoms with Crippen molar-refractivity contribution >= 4 is 5.91 Å². The van der Waals surface area contributed by atoms with E-state index in [0.29, 0.717) is 19.0 Å². The van der Waals surface area contributed by atoms with E-state index >= 15 is 0 Å². The Morgan fingerprint density at radius 2 is 1.89 bits per heavy atom. The second-order valence-corrected chi connectivity index (χ2v) is 4.93. The number of carbonyl (C=O) groups is 1. The summed E-state index contributed by atoms with van der Waals surface area (Å²) in [7, 11) is 0. The first-order valence-electron chi connectivity index (χ1n) is 7.23. The van der Waals surface area contributed by atoms with Gasteiger partial charge in [0.25, 0.3) is 0 Å². The standard InChI is InChI=1S/C16H26N2O/c1-4-13(3)15-8-6-14(7-9-15)10-11-18-16(19)12-17-5-2/h6-9,13,17H,4-5,10-12H2,1-3H3,(H,18,19). The highest BCUT2D eigenvalue weighted by atomic mass is 16.1. The average molecular weight is 262 g/mol. The number of rotatable bonds is 8. The molecule has 0 saturated carbocycles. The molecule has 0 saturated heterocycles. The minimum atomic E-state index is 0.0677. The lowest BCUT2D eigenvalue weighted by Crippen LogP contribution is -2.34. The van der Waals surface area contributed by atoms with Gasteiger partial charge >= 0.3 is 0 Å². The van der Waals surface area contributed by atoms with Crippen LogP contribution in [0, 0.1) is 0 Å². The van der Waals surface area contributed by atoms with Gasteiger partial charge in [0.05, 0.1) is 6.54 Å². The van der Waals surface area contributed by atoms with Gasteiger partial charge in [0.1, 0.15) is 0 Å². The second-order valence-electron chi connectivity index (χ2n) is 4.93. The van der Waals surface area contributed by atoms with Crippen molar-refractivity contribution in [2.45, 2.75) is 39.5 Å². The molecule has 3 heteroatoms. The lowest BCUT2D eigenvalue weighted by atomic mass is 9.97. The Morgan fingerprint density at radius 3 is 2.47 bits per heavy atom. The van der Waals surface area contributed by atoms with Crippen molar-refractivity contribution in [3.63, 3.8) is 0 Å². The first-order chi connectivity index (χ1) is 9.17. The lowest BCUT2D eigenvalue weighted by molar-refractivity contribution is -0.120. The molecule has 0 spiro atoms. The molecule has 0 radical (unpaired) electrons. The van der Waals surface area contributed by atoms with Crippen molar-refractivity contribution in [1.29, 1.82) is 0 Å². The van der Waals surface area contributed by atoms with Crippen LogP contribution in [0.3, 0.4) is 0 Å². The van der Waals surface area contributed by atoms with Crippen LogP contribution in [0.2, 0.25) is 0 Å². The molecule has 0 aliphatic carbocycles. The van der Waals surface area contributed by atoms with Gasteiger partial charge in [0.2, 0.25) is 5.91 Å². The Morgan fingerprint density at radius 1 is 1.21 bits per heavy atom. The Kier molecular flexibility index (Phi) is 7.19. The van der Waals surface area contributed by atoms with Crippen LogP contribution in [0.1, 0.15) is 44.2 Å². The van der Waals surface area contributed by atoms with Gasteiger partial charge in [-0.25, -0.2) is 0 Å². The maximum Gasteiger partial charge on any atom is 0.233 e. The molecule has 2 N–H and O–H groups in total. The quantitative estimate of drug-likeness (QED) is 0.755. The molecular weight excluding hydrogens is 236 g/mol. The summed E-state index contributed by atoms with van der Waals surface area (Å²) >= 11 is 0. The van der Waals surface area contributed by atoms with Gasteiger partial charge in [-0.05, 0) is 36.4 Å². The summed E-state index contributed by atoms with van der Waals surface area (Å²) in [6.45, 7) is 8.38. The average Bonchev–Trinajstić information content (AvgIpc) is 2.45. The largest absolute Gasteiger partial charge is 0.355 e. The summed E-state index contributed by atoms with van der Waals surface area (Å²) in [6.07, 6.45) is 2.05. The highest BCUT2D eigenvalue weighted by Gasteiger charge is 2.03. The lowest BCUT2D eigenvalue weighted by Gasteiger charge is -2.10. The summed E-state index contributed by atoms with van der Waals surface area (Å²) in [5.74, 6) is 0.687. The SMILES string of the molecule is CCNCC(=O)NCCc1ccc(C(C)CC)cc1. The van der Waals surface area contributed by atoms with Crippen LogP contribution in [0.25, 0.3) is 0 Å². The third-order valence-corrected chi connectivity index (χ3v) is 3.43. The Hall–Kier alpha value is -1.35. The fraction of sp³-hybridized carbons (Fsp3) is 0.562. The molecule has 19 heavy (non-hydrogen) atoms. The first kappa shape index (κ1) is 15.7. The van der Waals surface area contributed by atoms with E-state index in [-0.39, 0.29) is 5.91 Å². The summed E-state index contributed by atoms with van der Waals surface area (Å²) in [4.78, 5) is 11.4. The summed E-state index contributed by atoms with van der Waals surface area (Å²) in [5, 5.41) is 5.92. The maximum absolute atomic E-state index is 11.4. The maximum atomic E-state index is 11.4. The molecule has 1 amide bonds. The van der Waals surface area contributed by atoms with Gasteiger partial charge in [-0.3, -0.25) is 4.79 Å². The molecule has 0 bridgehead atoms. The highest BCUT2D eigenvalue weighted by Crippen LogP contribution is 2.18. The third kappa shape index (κ3) is 5.88. The zero-order valence-electron chi connectivity index (χ0n) is 12.3. The fourth-order valence-electron chi connectivity index (χ4n) is 1.90. The normalized spacial score (nSPS) is 12.2. The van der Waals surface area contributed by atoms with Crippen molar-refractivity contribution in [2.75, 3.05) is 19.6 Å². The molecule has 0 fully saturated rings. The van der Waals surface area contributed by atoms with Crippen molar-refractivity contribution in [1.82, 2.24) is 10.6 Å². The minimum absolute atomic E-state index is 0.0677. The van der Waals surface area contributed by atoms with Crippen molar-refractivity contribution < 1.29 is 4.79 Å². The molecule has 0 aliphatic rings. The molecule has 0 aromatic heterocycles. The molecule has 3 nitrogen and oxygen atoms in total. The smallest absolute Gasteiger partial charge is 0.233 e. The van der Waals surface area contributed by atoms with E-state index in [4.69, 9.17) is 0 Å². The summed E-state index contributed by atoms with van der Waals surface area (Å²) in [5.41, 5.74) is 2.67. The monoisotopic (exact) mass is 262 g/mol. The van der Waals surface area contributed by atoms with Gasteiger partial charge in [0.15, 0.2) is 0 Å². The summed E-state index contributed by atoms with van der Waals surface area (Å²) in [6, 6.07) is 8.73. The Bertz CT molecular complexity index is 373. The molecule has 1 aromatic rings. The molecule has 1 atom stereocenters. The zero-order valence-corrected chi connectivity index (χ0v) is 12.3. The second kappa shape index (κ2) is 8.70. The predicted octanol–water partition coefficient (Wildman–Crippen LogP) is 2.47. The topological polar surface area (TPSA) is 41.1 Å². The van der Waals surface area contributed by atoms with Crippen molar-refractivity contribution in [2.24, 2.45) is 0 Å². The van der Waals surface area contributed by atoms with Crippen LogP contribution in [0.15, 0.2) is 24.3 Å². The molecule has 0 aliphatic heterocycles. The van der Waals surface area contributed by atoms with Gasteiger partial charge in [0, 0.05) is 6.54 Å². The van der Waals surface area contributed by atoms with Gasteiger partial charge < -0.3 is 10.6 Å².